The van der Waals surface area contributed by atoms with Crippen LogP contribution >= 0.6 is 0 Å². The molecule has 5 heteroatoms. The summed E-state index contributed by atoms with van der Waals surface area (Å²) < 4.78 is 16.1. The molecule has 0 atom stereocenters. The van der Waals surface area contributed by atoms with Crippen LogP contribution in [0.4, 0.5) is 5.69 Å². The van der Waals surface area contributed by atoms with E-state index in [2.05, 4.69) is 34.5 Å². The predicted molar refractivity (Wildman–Crippen MR) is 99.6 cm³/mol. The van der Waals surface area contributed by atoms with Crippen LogP contribution in [-0.4, -0.2) is 40.5 Å². The molecular weight excluding hydrogens is 316 g/mol. The van der Waals surface area contributed by atoms with E-state index in [1.54, 1.807) is 14.2 Å². The van der Waals surface area contributed by atoms with Crippen LogP contribution in [0, 0.1) is 0 Å². The lowest BCUT2D eigenvalue weighted by molar-refractivity contribution is 0.122. The van der Waals surface area contributed by atoms with Gasteiger partial charge in [-0.05, 0) is 23.8 Å². The largest absolute Gasteiger partial charge is 0.497 e. The molecule has 25 heavy (non-hydrogen) atoms. The second-order valence-electron chi connectivity index (χ2n) is 6.05. The van der Waals surface area contributed by atoms with Gasteiger partial charge in [0, 0.05) is 43.5 Å². The summed E-state index contributed by atoms with van der Waals surface area (Å²) in [4.78, 5) is 2.36. The number of benzene rings is 2. The van der Waals surface area contributed by atoms with Gasteiger partial charge in [0.2, 0.25) is 0 Å². The molecule has 0 spiro atoms. The summed E-state index contributed by atoms with van der Waals surface area (Å²) in [5.74, 6) is 1.65. The van der Waals surface area contributed by atoms with Gasteiger partial charge in [0.1, 0.15) is 11.5 Å². The molecule has 134 valence electrons. The molecular formula is C20H26N2O3. The Morgan fingerprint density at radius 3 is 2.40 bits per heavy atom. The average molecular weight is 342 g/mol. The van der Waals surface area contributed by atoms with E-state index < -0.39 is 0 Å². The van der Waals surface area contributed by atoms with Crippen molar-refractivity contribution >= 4 is 5.69 Å². The summed E-state index contributed by atoms with van der Waals surface area (Å²) in [6.45, 7) is 5.13. The maximum absolute atomic E-state index is 5.44. The third-order valence-electron chi connectivity index (χ3n) is 4.45. The summed E-state index contributed by atoms with van der Waals surface area (Å²) in [5, 5.41) is 3.47. The minimum Gasteiger partial charge on any atom is -0.497 e. The number of nitrogens with zero attached hydrogens (tertiary/aromatic N) is 1. The minimum absolute atomic E-state index is 0.748. The van der Waals surface area contributed by atoms with Gasteiger partial charge in [0.05, 0.1) is 27.4 Å². The molecule has 1 heterocycles. The van der Waals surface area contributed by atoms with Crippen molar-refractivity contribution in [2.75, 3.05) is 45.4 Å². The van der Waals surface area contributed by atoms with Gasteiger partial charge in [-0.3, -0.25) is 0 Å². The van der Waals surface area contributed by atoms with Gasteiger partial charge in [-0.25, -0.2) is 0 Å². The molecule has 0 bridgehead atoms. The monoisotopic (exact) mass is 342 g/mol. The minimum atomic E-state index is 0.748. The molecule has 5 nitrogen and oxygen atoms in total. The molecule has 0 radical (unpaired) electrons. The second kappa shape index (κ2) is 8.74. The zero-order chi connectivity index (χ0) is 17.5. The van der Waals surface area contributed by atoms with Gasteiger partial charge in [-0.2, -0.15) is 0 Å². The Morgan fingerprint density at radius 2 is 1.72 bits per heavy atom. The van der Waals surface area contributed by atoms with Crippen molar-refractivity contribution < 1.29 is 14.2 Å². The Kier molecular flexibility index (Phi) is 6.14. The van der Waals surface area contributed by atoms with E-state index in [4.69, 9.17) is 14.2 Å². The first-order valence-corrected chi connectivity index (χ1v) is 8.63. The van der Waals surface area contributed by atoms with E-state index in [0.717, 1.165) is 56.5 Å². The van der Waals surface area contributed by atoms with Gasteiger partial charge in [-0.15, -0.1) is 0 Å². The molecule has 1 aliphatic heterocycles. The van der Waals surface area contributed by atoms with Crippen LogP contribution in [-0.2, 0) is 17.8 Å². The fourth-order valence-electron chi connectivity index (χ4n) is 2.99. The number of methoxy groups -OCH3 is 2. The predicted octanol–water partition coefficient (Wildman–Crippen LogP) is 2.83. The van der Waals surface area contributed by atoms with Crippen molar-refractivity contribution in [2.45, 2.75) is 13.1 Å². The first-order valence-electron chi connectivity index (χ1n) is 8.63. The van der Waals surface area contributed by atoms with E-state index >= 15 is 0 Å². The van der Waals surface area contributed by atoms with Gasteiger partial charge in [0.25, 0.3) is 0 Å². The van der Waals surface area contributed by atoms with Crippen LogP contribution < -0.4 is 19.7 Å². The fraction of sp³-hybridized carbons (Fsp3) is 0.400. The number of nitrogens with one attached hydrogen (secondary N) is 1. The number of ether oxygens (including phenoxy) is 3. The van der Waals surface area contributed by atoms with E-state index in [-0.39, 0.29) is 0 Å². The van der Waals surface area contributed by atoms with Crippen LogP contribution in [0.15, 0.2) is 42.5 Å². The lowest BCUT2D eigenvalue weighted by Crippen LogP contribution is -2.36. The first kappa shape index (κ1) is 17.6. The van der Waals surface area contributed by atoms with E-state index in [1.807, 2.05) is 18.2 Å². The summed E-state index contributed by atoms with van der Waals surface area (Å²) in [7, 11) is 3.34. The van der Waals surface area contributed by atoms with Crippen LogP contribution in [0.3, 0.4) is 0 Å². The molecule has 1 saturated heterocycles. The molecule has 1 aliphatic rings. The lowest BCUT2D eigenvalue weighted by Gasteiger charge is -2.28. The van der Waals surface area contributed by atoms with Gasteiger partial charge in [-0.1, -0.05) is 18.2 Å². The van der Waals surface area contributed by atoms with Crippen molar-refractivity contribution in [1.29, 1.82) is 0 Å². The molecule has 2 aromatic carbocycles. The maximum atomic E-state index is 5.44. The van der Waals surface area contributed by atoms with Gasteiger partial charge in [0.15, 0.2) is 0 Å². The molecule has 0 aromatic heterocycles. The third-order valence-corrected chi connectivity index (χ3v) is 4.45. The van der Waals surface area contributed by atoms with Crippen LogP contribution in [0.2, 0.25) is 0 Å². The Labute approximate surface area is 149 Å². The van der Waals surface area contributed by atoms with Crippen molar-refractivity contribution in [1.82, 2.24) is 5.32 Å². The van der Waals surface area contributed by atoms with Gasteiger partial charge >= 0.3 is 0 Å². The second-order valence-corrected chi connectivity index (χ2v) is 6.05. The van der Waals surface area contributed by atoms with Gasteiger partial charge < -0.3 is 24.4 Å². The summed E-state index contributed by atoms with van der Waals surface area (Å²) >= 11 is 0. The van der Waals surface area contributed by atoms with Crippen molar-refractivity contribution in [3.63, 3.8) is 0 Å². The Hall–Kier alpha value is -2.24. The number of rotatable bonds is 7. The maximum Gasteiger partial charge on any atom is 0.127 e. The van der Waals surface area contributed by atoms with E-state index in [9.17, 15) is 0 Å². The standard InChI is InChI=1S/C20H26N2O3/c1-23-19-8-5-17(20(13-19)24-2)15-21-14-16-3-6-18(7-4-16)22-9-11-25-12-10-22/h3-8,13,21H,9-12,14-15H2,1-2H3. The molecule has 2 aromatic rings. The van der Waals surface area contributed by atoms with E-state index in [0.29, 0.717) is 0 Å². The number of hydrogen-bond acceptors (Lipinski definition) is 5. The van der Waals surface area contributed by atoms with Crippen LogP contribution in [0.5, 0.6) is 11.5 Å². The fourth-order valence-corrected chi connectivity index (χ4v) is 2.99. The van der Waals surface area contributed by atoms with Crippen LogP contribution in [0.1, 0.15) is 11.1 Å². The third kappa shape index (κ3) is 4.65. The average Bonchev–Trinajstić information content (AvgIpc) is 2.69. The quantitative estimate of drug-likeness (QED) is 0.838. The Bertz CT molecular complexity index is 667. The zero-order valence-corrected chi connectivity index (χ0v) is 15.0. The van der Waals surface area contributed by atoms with Crippen molar-refractivity contribution in [3.8, 4) is 11.5 Å². The van der Waals surface area contributed by atoms with Crippen LogP contribution in [0.25, 0.3) is 0 Å². The molecule has 1 fully saturated rings. The smallest absolute Gasteiger partial charge is 0.127 e. The molecule has 0 amide bonds. The molecule has 0 unspecified atom stereocenters. The Morgan fingerprint density at radius 1 is 0.960 bits per heavy atom. The molecule has 0 aliphatic carbocycles. The molecule has 1 N–H and O–H groups in total. The first-order chi connectivity index (χ1) is 12.3. The summed E-state index contributed by atoms with van der Waals surface area (Å²) in [6, 6.07) is 14.6. The van der Waals surface area contributed by atoms with Crippen molar-refractivity contribution in [3.05, 3.63) is 53.6 Å². The highest BCUT2D eigenvalue weighted by Crippen LogP contribution is 2.24. The Balaban J connectivity index is 1.53. The van der Waals surface area contributed by atoms with E-state index in [1.165, 1.54) is 11.3 Å². The number of hydrogen-bond donors (Lipinski definition) is 1. The highest BCUT2D eigenvalue weighted by atomic mass is 16.5. The van der Waals surface area contributed by atoms with Crippen molar-refractivity contribution in [2.24, 2.45) is 0 Å². The topological polar surface area (TPSA) is 43.0 Å². The number of morpholine rings is 1. The summed E-state index contributed by atoms with van der Waals surface area (Å²) in [6.07, 6.45) is 0. The summed E-state index contributed by atoms with van der Waals surface area (Å²) in [5.41, 5.74) is 3.65. The highest BCUT2D eigenvalue weighted by molar-refractivity contribution is 5.48. The zero-order valence-electron chi connectivity index (χ0n) is 15.0. The highest BCUT2D eigenvalue weighted by Gasteiger charge is 2.10. The molecule has 0 saturated carbocycles. The number of anilines is 1. The SMILES string of the molecule is COc1ccc(CNCc2ccc(N3CCOCC3)cc2)c(OC)c1. The normalized spacial score (nSPS) is 14.4. The molecule has 3 rings (SSSR count). The lowest BCUT2D eigenvalue weighted by atomic mass is 10.1.